The lowest BCUT2D eigenvalue weighted by atomic mass is 9.83. The summed E-state index contributed by atoms with van der Waals surface area (Å²) in [5, 5.41) is 7.38. The van der Waals surface area contributed by atoms with Gasteiger partial charge in [-0.05, 0) is 42.7 Å². The zero-order chi connectivity index (χ0) is 16.4. The lowest BCUT2D eigenvalue weighted by Gasteiger charge is -2.39. The van der Waals surface area contributed by atoms with E-state index in [9.17, 15) is 0 Å². The normalized spacial score (nSPS) is 23.4. The van der Waals surface area contributed by atoms with Gasteiger partial charge in [-0.3, -0.25) is 0 Å². The van der Waals surface area contributed by atoms with Crippen LogP contribution >= 0.6 is 11.6 Å². The van der Waals surface area contributed by atoms with E-state index >= 15 is 0 Å². The van der Waals surface area contributed by atoms with Crippen molar-refractivity contribution in [1.29, 1.82) is 5.53 Å². The second-order valence-corrected chi connectivity index (χ2v) is 6.26. The smallest absolute Gasteiger partial charge is 0.154 e. The van der Waals surface area contributed by atoms with E-state index < -0.39 is 0 Å². The summed E-state index contributed by atoms with van der Waals surface area (Å²) in [4.78, 5) is 2.29. The third-order valence-electron chi connectivity index (χ3n) is 4.47. The molecule has 118 valence electrons. The predicted molar refractivity (Wildman–Crippen MR) is 92.1 cm³/mol. The summed E-state index contributed by atoms with van der Waals surface area (Å²) in [5.41, 5.74) is 15.6. The molecule has 3 N–H and O–H groups in total. The fraction of sp³-hybridized carbons (Fsp3) is 0.235. The summed E-state index contributed by atoms with van der Waals surface area (Å²) >= 11 is 6.28. The molecule has 1 aliphatic carbocycles. The minimum Gasteiger partial charge on any atom is -0.382 e. The van der Waals surface area contributed by atoms with Crippen LogP contribution in [0, 0.1) is 5.53 Å². The van der Waals surface area contributed by atoms with Crippen LogP contribution in [0.25, 0.3) is 0 Å². The van der Waals surface area contributed by atoms with Gasteiger partial charge in [-0.2, -0.15) is 5.53 Å². The summed E-state index contributed by atoms with van der Waals surface area (Å²) < 4.78 is 0. The molecule has 0 aromatic heterocycles. The Hall–Kier alpha value is -2.40. The van der Waals surface area contributed by atoms with Crippen molar-refractivity contribution < 1.29 is 0 Å². The second-order valence-electron chi connectivity index (χ2n) is 5.86. The molecule has 0 bridgehead atoms. The molecule has 1 aliphatic heterocycles. The quantitative estimate of drug-likeness (QED) is 0.379. The Morgan fingerprint density at radius 3 is 2.96 bits per heavy atom. The van der Waals surface area contributed by atoms with Gasteiger partial charge in [0.25, 0.3) is 0 Å². The van der Waals surface area contributed by atoms with Crippen LogP contribution in [0.5, 0.6) is 0 Å². The lowest BCUT2D eigenvalue weighted by Crippen LogP contribution is -2.41. The molecular weight excluding hydrogens is 310 g/mol. The molecule has 6 heteroatoms. The van der Waals surface area contributed by atoms with Crippen LogP contribution in [0.4, 0.5) is 0 Å². The van der Waals surface area contributed by atoms with Gasteiger partial charge in [-0.15, -0.1) is 5.10 Å². The first-order chi connectivity index (χ1) is 11.0. The molecule has 1 aromatic rings. The standard InChI is InChI=1S/C17H18ClN5/c1-17-8-6-12(16(19)21-22-20)10-14(17)7-9-23(17)11-13-4-2-3-5-15(13)18/h2-7,9-10H,8,11H2,1H3,(H3,19,20,21). The van der Waals surface area contributed by atoms with Crippen molar-refractivity contribution in [2.24, 2.45) is 16.1 Å². The summed E-state index contributed by atoms with van der Waals surface area (Å²) in [5.74, 6) is 0.271. The van der Waals surface area contributed by atoms with Crippen molar-refractivity contribution in [2.75, 3.05) is 0 Å². The van der Waals surface area contributed by atoms with E-state index in [2.05, 4.69) is 34.4 Å². The van der Waals surface area contributed by atoms with Crippen LogP contribution in [0.1, 0.15) is 18.9 Å². The van der Waals surface area contributed by atoms with Gasteiger partial charge >= 0.3 is 0 Å². The highest BCUT2D eigenvalue weighted by atomic mass is 35.5. The molecule has 1 aromatic carbocycles. The first-order valence-electron chi connectivity index (χ1n) is 7.35. The van der Waals surface area contributed by atoms with E-state index in [1.54, 1.807) is 0 Å². The molecule has 0 radical (unpaired) electrons. The SMILES string of the molecule is CC12CC=C(C(N)=NN=N)C=C1C=CN2Cc1ccccc1Cl. The average molecular weight is 328 g/mol. The van der Waals surface area contributed by atoms with Crippen LogP contribution in [0.15, 0.2) is 70.2 Å². The Balaban J connectivity index is 1.84. The molecule has 1 heterocycles. The summed E-state index contributed by atoms with van der Waals surface area (Å²) in [7, 11) is 0. The molecule has 3 rings (SSSR count). The van der Waals surface area contributed by atoms with E-state index in [0.29, 0.717) is 0 Å². The van der Waals surface area contributed by atoms with Gasteiger partial charge in [0.05, 0.1) is 5.54 Å². The van der Waals surface area contributed by atoms with Crippen LogP contribution in [0.2, 0.25) is 5.02 Å². The highest BCUT2D eigenvalue weighted by Gasteiger charge is 2.38. The number of rotatable bonds is 4. The van der Waals surface area contributed by atoms with E-state index in [4.69, 9.17) is 22.9 Å². The number of fused-ring (bicyclic) bond motifs is 1. The summed E-state index contributed by atoms with van der Waals surface area (Å²) in [6.07, 6.45) is 9.04. The van der Waals surface area contributed by atoms with E-state index in [1.165, 1.54) is 5.57 Å². The van der Waals surface area contributed by atoms with Crippen molar-refractivity contribution in [3.8, 4) is 0 Å². The van der Waals surface area contributed by atoms with Gasteiger partial charge in [0.15, 0.2) is 5.84 Å². The summed E-state index contributed by atoms with van der Waals surface area (Å²) in [6.45, 7) is 2.95. The van der Waals surface area contributed by atoms with E-state index in [0.717, 1.165) is 29.1 Å². The van der Waals surface area contributed by atoms with Crippen molar-refractivity contribution in [3.63, 3.8) is 0 Å². The Morgan fingerprint density at radius 1 is 1.43 bits per heavy atom. The number of amidine groups is 1. The lowest BCUT2D eigenvalue weighted by molar-refractivity contribution is 0.215. The molecule has 5 nitrogen and oxygen atoms in total. The topological polar surface area (TPSA) is 77.8 Å². The molecule has 0 saturated heterocycles. The number of nitrogens with one attached hydrogen (secondary N) is 1. The van der Waals surface area contributed by atoms with E-state index in [-0.39, 0.29) is 11.4 Å². The number of nitrogens with two attached hydrogens (primary N) is 1. The molecule has 0 spiro atoms. The molecule has 1 atom stereocenters. The highest BCUT2D eigenvalue weighted by molar-refractivity contribution is 6.31. The first kappa shape index (κ1) is 15.5. The molecule has 1 unspecified atom stereocenters. The van der Waals surface area contributed by atoms with Gasteiger partial charge in [0, 0.05) is 23.3 Å². The van der Waals surface area contributed by atoms with Gasteiger partial charge in [-0.1, -0.05) is 41.1 Å². The van der Waals surface area contributed by atoms with E-state index in [1.807, 2.05) is 36.4 Å². The van der Waals surface area contributed by atoms with Gasteiger partial charge in [0.1, 0.15) is 0 Å². The Morgan fingerprint density at radius 2 is 2.22 bits per heavy atom. The maximum Gasteiger partial charge on any atom is 0.154 e. The number of benzene rings is 1. The zero-order valence-corrected chi connectivity index (χ0v) is 13.6. The minimum absolute atomic E-state index is 0.124. The highest BCUT2D eigenvalue weighted by Crippen LogP contribution is 2.40. The monoisotopic (exact) mass is 327 g/mol. The molecule has 0 fully saturated rings. The van der Waals surface area contributed by atoms with Crippen molar-refractivity contribution in [1.82, 2.24) is 4.90 Å². The second kappa shape index (κ2) is 6.01. The molecule has 0 saturated carbocycles. The van der Waals surface area contributed by atoms with Crippen molar-refractivity contribution in [2.45, 2.75) is 25.4 Å². The molecule has 2 aliphatic rings. The predicted octanol–water partition coefficient (Wildman–Crippen LogP) is 3.99. The summed E-state index contributed by atoms with van der Waals surface area (Å²) in [6, 6.07) is 7.90. The van der Waals surface area contributed by atoms with Gasteiger partial charge in [-0.25, -0.2) is 0 Å². The Kier molecular flexibility index (Phi) is 4.05. The Labute approximate surface area is 140 Å². The van der Waals surface area contributed by atoms with Crippen LogP contribution in [0.3, 0.4) is 0 Å². The van der Waals surface area contributed by atoms with Crippen LogP contribution < -0.4 is 5.73 Å². The Bertz CT molecular complexity index is 762. The number of halogens is 1. The minimum atomic E-state index is -0.124. The third kappa shape index (κ3) is 2.80. The van der Waals surface area contributed by atoms with Crippen molar-refractivity contribution in [3.05, 3.63) is 70.4 Å². The molecule has 23 heavy (non-hydrogen) atoms. The van der Waals surface area contributed by atoms with Gasteiger partial charge in [0.2, 0.25) is 0 Å². The fourth-order valence-corrected chi connectivity index (χ4v) is 3.18. The number of hydrogen-bond acceptors (Lipinski definition) is 3. The van der Waals surface area contributed by atoms with Crippen molar-refractivity contribution >= 4 is 17.4 Å². The first-order valence-corrected chi connectivity index (χ1v) is 7.73. The zero-order valence-electron chi connectivity index (χ0n) is 12.8. The number of hydrogen-bond donors (Lipinski definition) is 2. The maximum absolute atomic E-state index is 6.79. The van der Waals surface area contributed by atoms with Gasteiger partial charge < -0.3 is 10.6 Å². The fourth-order valence-electron chi connectivity index (χ4n) is 2.98. The average Bonchev–Trinajstić information content (AvgIpc) is 2.86. The van der Waals surface area contributed by atoms with Crippen LogP contribution in [-0.4, -0.2) is 16.3 Å². The number of nitrogens with zero attached hydrogens (tertiary/aromatic N) is 3. The third-order valence-corrected chi connectivity index (χ3v) is 4.84. The maximum atomic E-state index is 6.79. The van der Waals surface area contributed by atoms with Crippen LogP contribution in [-0.2, 0) is 6.54 Å². The molecular formula is C17H18ClN5. The molecule has 0 amide bonds. The largest absolute Gasteiger partial charge is 0.382 e.